The van der Waals surface area contributed by atoms with E-state index in [9.17, 15) is 9.90 Å². The standard InChI is InChI=1S/C30H39O3S.C11H16O2/c1-4-7-20-31-25-23-28(32-21-8-5-2)30(29(24-25)33-22-9-6-3)34(26-16-12-10-13-17-26)27-18-14-11-15-19-27;12-10(13)11-4-7-1-8(5-11)3-9(2-7)6-11/h10-19,23-24H,4-9,20-22H2,1-3H3;7-9H,1-6H2,(H,12,13)/q+1;/p-1. The van der Waals surface area contributed by atoms with Crippen LogP contribution in [0, 0.1) is 23.2 Å². The Morgan fingerprint density at radius 2 is 1.09 bits per heavy atom. The highest BCUT2D eigenvalue weighted by Crippen LogP contribution is 2.59. The van der Waals surface area contributed by atoms with E-state index < -0.39 is 11.4 Å². The minimum atomic E-state index is -0.758. The molecule has 0 saturated heterocycles. The van der Waals surface area contributed by atoms with Gasteiger partial charge < -0.3 is 24.1 Å². The molecular formula is C41H54O5S. The van der Waals surface area contributed by atoms with E-state index in [1.165, 1.54) is 29.1 Å². The Labute approximate surface area is 285 Å². The number of hydrogen-bond donors (Lipinski definition) is 0. The average molecular weight is 659 g/mol. The molecule has 0 amide bonds. The van der Waals surface area contributed by atoms with E-state index in [2.05, 4.69) is 93.6 Å². The topological polar surface area (TPSA) is 67.8 Å². The summed E-state index contributed by atoms with van der Waals surface area (Å²) in [5.41, 5.74) is -0.394. The molecule has 4 aliphatic rings. The summed E-state index contributed by atoms with van der Waals surface area (Å²) in [5, 5.41) is 11.1. The number of hydrogen-bond acceptors (Lipinski definition) is 5. The summed E-state index contributed by atoms with van der Waals surface area (Å²) in [5.74, 6) is 3.93. The Hall–Kier alpha value is -3.12. The second kappa shape index (κ2) is 17.3. The molecule has 4 aliphatic carbocycles. The predicted octanol–water partition coefficient (Wildman–Crippen LogP) is 9.27. The van der Waals surface area contributed by atoms with Crippen molar-refractivity contribution in [3.05, 3.63) is 72.8 Å². The largest absolute Gasteiger partial charge is 0.550 e. The van der Waals surface area contributed by atoms with Gasteiger partial charge in [-0.1, -0.05) is 76.4 Å². The minimum absolute atomic E-state index is 0.370. The molecule has 0 aromatic heterocycles. The third-order valence-corrected chi connectivity index (χ3v) is 12.2. The van der Waals surface area contributed by atoms with Crippen LogP contribution in [0.4, 0.5) is 0 Å². The van der Waals surface area contributed by atoms with Gasteiger partial charge in [0.05, 0.1) is 19.8 Å². The molecule has 0 radical (unpaired) electrons. The van der Waals surface area contributed by atoms with Gasteiger partial charge in [-0.05, 0) is 99.8 Å². The van der Waals surface area contributed by atoms with Gasteiger partial charge in [0.2, 0.25) is 4.90 Å². The van der Waals surface area contributed by atoms with Crippen LogP contribution in [0.1, 0.15) is 97.8 Å². The summed E-state index contributed by atoms with van der Waals surface area (Å²) in [6.45, 7) is 8.60. The molecule has 3 aromatic rings. The fourth-order valence-electron chi connectivity index (χ4n) is 7.88. The lowest BCUT2D eigenvalue weighted by Gasteiger charge is -2.57. The molecule has 0 N–H and O–H groups in total. The second-order valence-electron chi connectivity index (χ2n) is 13.8. The van der Waals surface area contributed by atoms with Gasteiger partial charge in [-0.25, -0.2) is 0 Å². The molecule has 0 heterocycles. The number of benzene rings is 3. The highest BCUT2D eigenvalue weighted by molar-refractivity contribution is 7.97. The van der Waals surface area contributed by atoms with Gasteiger partial charge in [-0.15, -0.1) is 0 Å². The van der Waals surface area contributed by atoms with Crippen molar-refractivity contribution in [1.82, 2.24) is 0 Å². The van der Waals surface area contributed by atoms with Crippen molar-refractivity contribution in [2.75, 3.05) is 19.8 Å². The zero-order chi connectivity index (χ0) is 33.1. The molecule has 0 aliphatic heterocycles. The molecule has 0 unspecified atom stereocenters. The molecule has 3 aromatic carbocycles. The highest BCUT2D eigenvalue weighted by Gasteiger charge is 2.51. The zero-order valence-electron chi connectivity index (χ0n) is 28.7. The van der Waals surface area contributed by atoms with Crippen LogP contribution in [0.2, 0.25) is 0 Å². The zero-order valence-corrected chi connectivity index (χ0v) is 29.5. The van der Waals surface area contributed by atoms with Gasteiger partial charge in [-0.2, -0.15) is 0 Å². The highest BCUT2D eigenvalue weighted by atomic mass is 32.2. The van der Waals surface area contributed by atoms with E-state index in [4.69, 9.17) is 14.2 Å². The number of carbonyl (C=O) groups is 1. The molecule has 0 atom stereocenters. The van der Waals surface area contributed by atoms with E-state index in [1.54, 1.807) is 0 Å². The Morgan fingerprint density at radius 1 is 0.681 bits per heavy atom. The van der Waals surface area contributed by atoms with Crippen molar-refractivity contribution in [1.29, 1.82) is 0 Å². The van der Waals surface area contributed by atoms with Crippen molar-refractivity contribution < 1.29 is 24.1 Å². The lowest BCUT2D eigenvalue weighted by molar-refractivity contribution is -0.327. The van der Waals surface area contributed by atoms with E-state index in [1.807, 2.05) is 0 Å². The lowest BCUT2D eigenvalue weighted by atomic mass is 9.49. The molecule has 254 valence electrons. The Morgan fingerprint density at radius 3 is 1.47 bits per heavy atom. The summed E-state index contributed by atoms with van der Waals surface area (Å²) < 4.78 is 19.0. The van der Waals surface area contributed by atoms with E-state index in [-0.39, 0.29) is 10.9 Å². The van der Waals surface area contributed by atoms with Crippen LogP contribution in [0.5, 0.6) is 17.2 Å². The first kappa shape index (κ1) is 35.2. The maximum atomic E-state index is 11.1. The van der Waals surface area contributed by atoms with Gasteiger partial charge in [0.25, 0.3) is 0 Å². The maximum Gasteiger partial charge on any atom is 0.250 e. The summed E-state index contributed by atoms with van der Waals surface area (Å²) in [4.78, 5) is 14.7. The van der Waals surface area contributed by atoms with Crippen LogP contribution >= 0.6 is 0 Å². The first-order valence-electron chi connectivity index (χ1n) is 18.1. The summed E-state index contributed by atoms with van der Waals surface area (Å²) in [7, 11) is -0.370. The van der Waals surface area contributed by atoms with E-state index >= 15 is 0 Å². The Kier molecular flexibility index (Phi) is 13.0. The Bertz CT molecular complexity index is 1290. The SMILES string of the molecule is CCCCOc1cc(OCCCC)c([S+](c2ccccc2)c2ccccc2)c(OCCCC)c1.O=C([O-])C12CC3CC(CC(C3)C1)C2. The fourth-order valence-corrected chi connectivity index (χ4v) is 10.1. The number of ether oxygens (including phenoxy) is 3. The first-order valence-corrected chi connectivity index (χ1v) is 19.3. The van der Waals surface area contributed by atoms with E-state index in [0.29, 0.717) is 37.6 Å². The van der Waals surface area contributed by atoms with Gasteiger partial charge >= 0.3 is 0 Å². The number of rotatable bonds is 16. The normalized spacial score (nSPS) is 22.4. The lowest BCUT2D eigenvalue weighted by Crippen LogP contribution is -2.54. The van der Waals surface area contributed by atoms with Crippen LogP contribution in [-0.4, -0.2) is 25.8 Å². The van der Waals surface area contributed by atoms with Crippen molar-refractivity contribution >= 4 is 16.9 Å². The van der Waals surface area contributed by atoms with Gasteiger partial charge in [0.15, 0.2) is 21.3 Å². The van der Waals surface area contributed by atoms with Crippen LogP contribution in [0.15, 0.2) is 87.5 Å². The van der Waals surface area contributed by atoms with Crippen molar-refractivity contribution in [3.8, 4) is 17.2 Å². The van der Waals surface area contributed by atoms with Crippen molar-refractivity contribution in [3.63, 3.8) is 0 Å². The molecule has 4 bridgehead atoms. The number of aliphatic carboxylic acids is 1. The number of carbonyl (C=O) groups excluding carboxylic acids is 1. The van der Waals surface area contributed by atoms with Crippen LogP contribution in [-0.2, 0) is 15.7 Å². The van der Waals surface area contributed by atoms with Gasteiger partial charge in [-0.3, -0.25) is 0 Å². The Balaban J connectivity index is 0.000000273. The van der Waals surface area contributed by atoms with E-state index in [0.717, 1.165) is 79.9 Å². The average Bonchev–Trinajstić information content (AvgIpc) is 3.07. The smallest absolute Gasteiger partial charge is 0.250 e. The molecule has 4 saturated carbocycles. The third kappa shape index (κ3) is 9.07. The van der Waals surface area contributed by atoms with Gasteiger partial charge in [0.1, 0.15) is 16.6 Å². The summed E-state index contributed by atoms with van der Waals surface area (Å²) in [6, 6.07) is 25.5. The summed E-state index contributed by atoms with van der Waals surface area (Å²) >= 11 is 0. The third-order valence-electron chi connectivity index (χ3n) is 9.91. The maximum absolute atomic E-state index is 11.1. The molecule has 0 spiro atoms. The molecule has 47 heavy (non-hydrogen) atoms. The molecular weight excluding hydrogens is 605 g/mol. The number of carboxylic acids is 1. The van der Waals surface area contributed by atoms with Crippen molar-refractivity contribution in [2.24, 2.45) is 23.2 Å². The van der Waals surface area contributed by atoms with Gasteiger partial charge in [0, 0.05) is 23.5 Å². The van der Waals surface area contributed by atoms with Crippen LogP contribution < -0.4 is 19.3 Å². The second-order valence-corrected chi connectivity index (χ2v) is 15.7. The van der Waals surface area contributed by atoms with Crippen LogP contribution in [0.3, 0.4) is 0 Å². The molecule has 5 nitrogen and oxygen atoms in total. The molecule has 4 fully saturated rings. The van der Waals surface area contributed by atoms with Crippen molar-refractivity contribution in [2.45, 2.75) is 113 Å². The predicted molar refractivity (Wildman–Crippen MR) is 188 cm³/mol. The molecule has 7 rings (SSSR count). The minimum Gasteiger partial charge on any atom is -0.550 e. The first-order chi connectivity index (χ1) is 23.0. The number of carboxylic acid groups (broad SMARTS) is 1. The summed E-state index contributed by atoms with van der Waals surface area (Å²) in [6.07, 6.45) is 13.0. The van der Waals surface area contributed by atoms with Crippen LogP contribution in [0.25, 0.3) is 0 Å². The quantitative estimate of drug-likeness (QED) is 0.113. The fraction of sp³-hybridized carbons (Fsp3) is 0.537. The monoisotopic (exact) mass is 658 g/mol. The number of unbranched alkanes of at least 4 members (excludes halogenated alkanes) is 3. The molecule has 6 heteroatoms.